The molecule has 0 spiro atoms. The minimum atomic E-state index is -0.744. The van der Waals surface area contributed by atoms with Crippen molar-refractivity contribution < 1.29 is 24.2 Å². The van der Waals surface area contributed by atoms with Crippen molar-refractivity contribution in [2.45, 2.75) is 84.6 Å². The van der Waals surface area contributed by atoms with Gasteiger partial charge in [-0.1, -0.05) is 31.2 Å². The summed E-state index contributed by atoms with van der Waals surface area (Å²) in [5, 5.41) is 18.2. The number of anilines is 1. The second-order valence-corrected chi connectivity index (χ2v) is 15.0. The fraction of sp³-hybridized carbons (Fsp3) is 0.571. The molecular weight excluding hydrogens is 630 g/mol. The molecule has 2 N–H and O–H groups in total. The van der Waals surface area contributed by atoms with Crippen molar-refractivity contribution in [3.05, 3.63) is 52.8 Å². The first kappa shape index (κ1) is 35.3. The van der Waals surface area contributed by atoms with E-state index in [-0.39, 0.29) is 49.3 Å². The second kappa shape index (κ2) is 14.7. The van der Waals surface area contributed by atoms with E-state index in [2.05, 4.69) is 15.2 Å². The van der Waals surface area contributed by atoms with Crippen molar-refractivity contribution >= 4 is 35.1 Å². The number of piperazine rings is 1. The van der Waals surface area contributed by atoms with E-state index in [1.807, 2.05) is 89.1 Å². The molecule has 3 aromatic rings. The highest BCUT2D eigenvalue weighted by atomic mass is 32.1. The summed E-state index contributed by atoms with van der Waals surface area (Å²) in [4.78, 5) is 50.3. The van der Waals surface area contributed by atoms with Gasteiger partial charge in [-0.2, -0.15) is 5.10 Å². The molecule has 4 atom stereocenters. The fourth-order valence-electron chi connectivity index (χ4n) is 6.43. The molecule has 2 aromatic heterocycles. The summed E-state index contributed by atoms with van der Waals surface area (Å²) in [5.41, 5.74) is 5.22. The first-order valence-electron chi connectivity index (χ1n) is 16.7. The fourth-order valence-corrected chi connectivity index (χ4v) is 7.24. The average molecular weight is 680 g/mol. The lowest BCUT2D eigenvalue weighted by atomic mass is 10.0. The Morgan fingerprint density at radius 3 is 2.42 bits per heavy atom. The molecule has 3 amide bonds. The summed E-state index contributed by atoms with van der Waals surface area (Å²) in [6, 6.07) is 9.13. The van der Waals surface area contributed by atoms with E-state index < -0.39 is 17.7 Å². The van der Waals surface area contributed by atoms with Gasteiger partial charge >= 0.3 is 6.09 Å². The lowest BCUT2D eigenvalue weighted by Crippen LogP contribution is -2.50. The molecule has 1 aromatic carbocycles. The SMILES string of the molecule is Cc1ncsc1-c1ccc([C@H](C)NC(=O)[C@@H]2C[C@@H](O)CN2C(=O)CC(C)Cc2cc(N3CCN(C(=O)OC(C)(C)C)CC3)n(C)n2)cc1. The molecule has 2 saturated heterocycles. The molecule has 2 aliphatic rings. The average Bonchev–Trinajstić information content (AvgIpc) is 3.74. The largest absolute Gasteiger partial charge is 0.444 e. The number of carbonyl (C=O) groups is 3. The summed E-state index contributed by atoms with van der Waals surface area (Å²) in [6.07, 6.45) is 0.0157. The Labute approximate surface area is 287 Å². The zero-order valence-electron chi connectivity index (χ0n) is 29.1. The maximum Gasteiger partial charge on any atom is 0.410 e. The molecule has 0 aliphatic carbocycles. The van der Waals surface area contributed by atoms with Crippen LogP contribution in [0, 0.1) is 12.8 Å². The molecular formula is C35H49N7O5S. The highest BCUT2D eigenvalue weighted by molar-refractivity contribution is 7.13. The highest BCUT2D eigenvalue weighted by Crippen LogP contribution is 2.29. The number of aromatic nitrogens is 3. The van der Waals surface area contributed by atoms with Gasteiger partial charge in [0.2, 0.25) is 11.8 Å². The molecule has 1 unspecified atom stereocenters. The van der Waals surface area contributed by atoms with E-state index in [4.69, 9.17) is 9.84 Å². The van der Waals surface area contributed by atoms with Gasteiger partial charge in [-0.15, -0.1) is 11.3 Å². The van der Waals surface area contributed by atoms with Crippen molar-refractivity contribution in [1.82, 2.24) is 29.9 Å². The molecule has 260 valence electrons. The quantitative estimate of drug-likeness (QED) is 0.342. The van der Waals surface area contributed by atoms with Crippen molar-refractivity contribution in [3.63, 3.8) is 0 Å². The van der Waals surface area contributed by atoms with Gasteiger partial charge in [0.1, 0.15) is 17.5 Å². The molecule has 4 heterocycles. The summed E-state index contributed by atoms with van der Waals surface area (Å²) >= 11 is 1.60. The minimum Gasteiger partial charge on any atom is -0.444 e. The number of hydrogen-bond acceptors (Lipinski definition) is 9. The van der Waals surface area contributed by atoms with Crippen LogP contribution in [-0.4, -0.2) is 98.0 Å². The number of β-amino-alcohol motifs (C(OH)–C–C–N with tert-alkyl or cyclic N) is 1. The van der Waals surface area contributed by atoms with E-state index in [9.17, 15) is 19.5 Å². The lowest BCUT2D eigenvalue weighted by Gasteiger charge is -2.36. The first-order valence-corrected chi connectivity index (χ1v) is 17.6. The first-order chi connectivity index (χ1) is 22.7. The minimum absolute atomic E-state index is 0.0228. The van der Waals surface area contributed by atoms with E-state index in [1.54, 1.807) is 16.2 Å². The van der Waals surface area contributed by atoms with Crippen LogP contribution >= 0.6 is 11.3 Å². The Hall–Kier alpha value is -3.97. The van der Waals surface area contributed by atoms with E-state index in [0.29, 0.717) is 32.6 Å². The third-order valence-corrected chi connectivity index (χ3v) is 9.90. The van der Waals surface area contributed by atoms with Crippen LogP contribution in [0.3, 0.4) is 0 Å². The molecule has 12 nitrogen and oxygen atoms in total. The summed E-state index contributed by atoms with van der Waals surface area (Å²) in [5.74, 6) is 0.536. The van der Waals surface area contributed by atoms with Crippen LogP contribution in [-0.2, 0) is 27.8 Å². The monoisotopic (exact) mass is 679 g/mol. The van der Waals surface area contributed by atoms with Crippen LogP contribution < -0.4 is 10.2 Å². The Morgan fingerprint density at radius 1 is 1.10 bits per heavy atom. The van der Waals surface area contributed by atoms with Gasteiger partial charge < -0.3 is 29.9 Å². The summed E-state index contributed by atoms with van der Waals surface area (Å²) in [7, 11) is 1.90. The topological polar surface area (TPSA) is 133 Å². The third-order valence-electron chi connectivity index (χ3n) is 8.92. The molecule has 5 rings (SSSR count). The van der Waals surface area contributed by atoms with Crippen molar-refractivity contribution in [2.75, 3.05) is 37.6 Å². The number of nitrogens with one attached hydrogen (secondary N) is 1. The number of hydrogen-bond donors (Lipinski definition) is 2. The molecule has 13 heteroatoms. The zero-order valence-corrected chi connectivity index (χ0v) is 29.9. The van der Waals surface area contributed by atoms with Gasteiger partial charge in [0.05, 0.1) is 33.9 Å². The Balaban J connectivity index is 1.13. The molecule has 0 radical (unpaired) electrons. The van der Waals surface area contributed by atoms with Crippen LogP contribution in [0.4, 0.5) is 10.6 Å². The number of benzene rings is 1. The van der Waals surface area contributed by atoms with Crippen molar-refractivity contribution in [3.8, 4) is 10.4 Å². The smallest absolute Gasteiger partial charge is 0.410 e. The number of aryl methyl sites for hydroxylation is 2. The van der Waals surface area contributed by atoms with Crippen molar-refractivity contribution in [1.29, 1.82) is 0 Å². The van der Waals surface area contributed by atoms with Crippen molar-refractivity contribution in [2.24, 2.45) is 13.0 Å². The van der Waals surface area contributed by atoms with Gasteiger partial charge in [-0.3, -0.25) is 14.3 Å². The third kappa shape index (κ3) is 8.54. The number of likely N-dealkylation sites (tertiary alicyclic amines) is 1. The van der Waals surface area contributed by atoms with E-state index in [1.165, 1.54) is 4.90 Å². The van der Waals surface area contributed by atoms with Crippen LogP contribution in [0.5, 0.6) is 0 Å². The Kier molecular flexibility index (Phi) is 10.8. The summed E-state index contributed by atoms with van der Waals surface area (Å²) in [6.45, 7) is 14.1. The Morgan fingerprint density at radius 2 is 1.79 bits per heavy atom. The molecule has 0 bridgehead atoms. The second-order valence-electron chi connectivity index (χ2n) is 14.2. The van der Waals surface area contributed by atoms with Gasteiger partial charge in [0.25, 0.3) is 0 Å². The maximum absolute atomic E-state index is 13.5. The number of amides is 3. The number of carbonyl (C=O) groups excluding carboxylic acids is 3. The number of nitrogens with zero attached hydrogens (tertiary/aromatic N) is 6. The predicted molar refractivity (Wildman–Crippen MR) is 186 cm³/mol. The predicted octanol–water partition coefficient (Wildman–Crippen LogP) is 4.32. The number of rotatable bonds is 9. The number of thiazole rings is 1. The highest BCUT2D eigenvalue weighted by Gasteiger charge is 2.39. The zero-order chi connectivity index (χ0) is 34.7. The van der Waals surface area contributed by atoms with Gasteiger partial charge in [0, 0.05) is 58.7 Å². The van der Waals surface area contributed by atoms with Gasteiger partial charge in [-0.05, 0) is 58.1 Å². The van der Waals surface area contributed by atoms with E-state index in [0.717, 1.165) is 33.2 Å². The molecule has 2 aliphatic heterocycles. The molecule has 2 fully saturated rings. The Bertz CT molecular complexity index is 1590. The maximum atomic E-state index is 13.5. The summed E-state index contributed by atoms with van der Waals surface area (Å²) < 4.78 is 7.37. The number of ether oxygens (including phenoxy) is 1. The number of aliphatic hydroxyl groups excluding tert-OH is 1. The van der Waals surface area contributed by atoms with E-state index >= 15 is 0 Å². The van der Waals surface area contributed by atoms with Gasteiger partial charge in [0.15, 0.2) is 0 Å². The normalized spacial score (nSPS) is 19.7. The van der Waals surface area contributed by atoms with Crippen LogP contribution in [0.25, 0.3) is 10.4 Å². The standard InChI is InChI=1S/C35H49N7O5S/c1-22(16-27-18-30(39(7)38-27)40-12-14-41(15-13-40)34(46)47-35(4,5)6)17-31(44)42-20-28(43)19-29(42)33(45)37-23(2)25-8-10-26(11-9-25)32-24(3)36-21-48-32/h8-11,18,21-23,28-29,43H,12-17,19-20H2,1-7H3,(H,37,45)/t22?,23-,28+,29-/m0/s1. The molecule has 0 saturated carbocycles. The van der Waals surface area contributed by atoms with Gasteiger partial charge in [-0.25, -0.2) is 9.78 Å². The number of aliphatic hydroxyl groups is 1. The van der Waals surface area contributed by atoms with Crippen LogP contribution in [0.2, 0.25) is 0 Å². The molecule has 48 heavy (non-hydrogen) atoms. The van der Waals surface area contributed by atoms with Crippen LogP contribution in [0.15, 0.2) is 35.8 Å². The lowest BCUT2D eigenvalue weighted by molar-refractivity contribution is -0.139. The van der Waals surface area contributed by atoms with Crippen LogP contribution in [0.1, 0.15) is 70.5 Å².